The number of ether oxygens (including phenoxy) is 1. The maximum atomic E-state index is 14.2. The summed E-state index contributed by atoms with van der Waals surface area (Å²) in [5, 5.41) is 10.3. The number of hydrogen-bond donors (Lipinski definition) is 2. The third kappa shape index (κ3) is 6.80. The van der Waals surface area contributed by atoms with Crippen molar-refractivity contribution >= 4 is 11.8 Å². The second kappa shape index (κ2) is 12.3. The molecule has 0 saturated heterocycles. The molecule has 2 amide bonds. The van der Waals surface area contributed by atoms with E-state index in [0.717, 1.165) is 34.6 Å². The van der Waals surface area contributed by atoms with Crippen molar-refractivity contribution in [1.29, 1.82) is 0 Å². The van der Waals surface area contributed by atoms with E-state index in [2.05, 4.69) is 27.6 Å². The van der Waals surface area contributed by atoms with Crippen LogP contribution >= 0.6 is 0 Å². The molecule has 4 aromatic rings. The van der Waals surface area contributed by atoms with Gasteiger partial charge in [-0.15, -0.1) is 0 Å². The molecule has 1 fully saturated rings. The van der Waals surface area contributed by atoms with Gasteiger partial charge in [0.05, 0.1) is 6.20 Å². The molecule has 0 unspecified atom stereocenters. The van der Waals surface area contributed by atoms with Crippen molar-refractivity contribution in [2.45, 2.75) is 51.1 Å². The highest BCUT2D eigenvalue weighted by Crippen LogP contribution is 2.29. The van der Waals surface area contributed by atoms with Crippen molar-refractivity contribution in [1.82, 2.24) is 25.4 Å². The highest BCUT2D eigenvalue weighted by Gasteiger charge is 2.26. The van der Waals surface area contributed by atoms with Crippen LogP contribution in [0.4, 0.5) is 4.39 Å². The summed E-state index contributed by atoms with van der Waals surface area (Å²) in [6, 6.07) is 18.3. The summed E-state index contributed by atoms with van der Waals surface area (Å²) in [6.07, 6.45) is 4.50. The average molecular weight is 555 g/mol. The van der Waals surface area contributed by atoms with Crippen molar-refractivity contribution in [3.05, 3.63) is 102 Å². The zero-order valence-corrected chi connectivity index (χ0v) is 23.2. The molecule has 2 aromatic heterocycles. The van der Waals surface area contributed by atoms with Crippen LogP contribution in [0.15, 0.2) is 66.9 Å². The Morgan fingerprint density at radius 2 is 1.66 bits per heavy atom. The first kappa shape index (κ1) is 28.0. The Morgan fingerprint density at radius 3 is 2.29 bits per heavy atom. The summed E-state index contributed by atoms with van der Waals surface area (Å²) in [4.78, 5) is 29.8. The van der Waals surface area contributed by atoms with Gasteiger partial charge in [-0.2, -0.15) is 5.10 Å². The molecule has 1 aliphatic rings. The van der Waals surface area contributed by atoms with Gasteiger partial charge in [0, 0.05) is 24.8 Å². The Hall–Kier alpha value is -4.53. The van der Waals surface area contributed by atoms with Gasteiger partial charge in [-0.05, 0) is 86.9 Å². The zero-order valence-electron chi connectivity index (χ0n) is 23.2. The number of aromatic nitrogens is 3. The number of nitrogens with one attached hydrogen (secondary N) is 2. The van der Waals surface area contributed by atoms with Crippen LogP contribution in [-0.4, -0.2) is 38.7 Å². The molecule has 1 aliphatic carbocycles. The molecule has 0 aliphatic heterocycles. The van der Waals surface area contributed by atoms with Gasteiger partial charge in [-0.3, -0.25) is 14.3 Å². The average Bonchev–Trinajstić information content (AvgIpc) is 3.33. The fourth-order valence-corrected chi connectivity index (χ4v) is 4.96. The number of amides is 2. The summed E-state index contributed by atoms with van der Waals surface area (Å²) in [7, 11) is 1.80. The van der Waals surface area contributed by atoms with Gasteiger partial charge in [0.1, 0.15) is 22.8 Å². The van der Waals surface area contributed by atoms with Gasteiger partial charge in [-0.25, -0.2) is 9.37 Å². The topological polar surface area (TPSA) is 98.1 Å². The van der Waals surface area contributed by atoms with Crippen LogP contribution < -0.4 is 15.4 Å². The molecule has 2 aromatic carbocycles. The Morgan fingerprint density at radius 1 is 0.976 bits per heavy atom. The van der Waals surface area contributed by atoms with Crippen molar-refractivity contribution in [2.75, 3.05) is 0 Å². The number of pyridine rings is 1. The summed E-state index contributed by atoms with van der Waals surface area (Å²) in [5.41, 5.74) is 4.42. The van der Waals surface area contributed by atoms with Crippen LogP contribution in [0.5, 0.6) is 11.6 Å². The number of benzene rings is 2. The molecule has 0 bridgehead atoms. The quantitative estimate of drug-likeness (QED) is 0.297. The number of carbonyl (C=O) groups is 2. The van der Waals surface area contributed by atoms with Gasteiger partial charge < -0.3 is 15.4 Å². The minimum atomic E-state index is -0.627. The summed E-state index contributed by atoms with van der Waals surface area (Å²) in [6.45, 7) is 5.80. The van der Waals surface area contributed by atoms with E-state index in [1.165, 1.54) is 0 Å². The molecule has 0 spiro atoms. The first-order valence-corrected chi connectivity index (χ1v) is 13.7. The van der Waals surface area contributed by atoms with E-state index in [9.17, 15) is 14.0 Å². The lowest BCUT2D eigenvalue weighted by Gasteiger charge is -2.29. The van der Waals surface area contributed by atoms with Gasteiger partial charge in [0.25, 0.3) is 11.8 Å². The SMILES string of the molecule is [CH2]Cc1ccc(-c2cccc(Oc3ncc(F)cc3C(=O)NC3CCC(NC(=O)c4cc(C)n(C)n4)CC3)c2)cc1. The van der Waals surface area contributed by atoms with Crippen LogP contribution in [0.3, 0.4) is 0 Å². The highest BCUT2D eigenvalue weighted by molar-refractivity contribution is 5.96. The summed E-state index contributed by atoms with van der Waals surface area (Å²) < 4.78 is 21.8. The Kier molecular flexibility index (Phi) is 8.42. The smallest absolute Gasteiger partial charge is 0.272 e. The predicted molar refractivity (Wildman–Crippen MR) is 154 cm³/mol. The molecule has 41 heavy (non-hydrogen) atoms. The molecule has 1 radical (unpaired) electrons. The van der Waals surface area contributed by atoms with Crippen molar-refractivity contribution in [3.8, 4) is 22.8 Å². The Bertz CT molecular complexity index is 1520. The molecule has 211 valence electrons. The lowest BCUT2D eigenvalue weighted by atomic mass is 9.91. The molecule has 2 heterocycles. The minimum absolute atomic E-state index is 0.00480. The van der Waals surface area contributed by atoms with E-state index >= 15 is 0 Å². The molecule has 5 rings (SSSR count). The minimum Gasteiger partial charge on any atom is -0.438 e. The molecule has 2 N–H and O–H groups in total. The van der Waals surface area contributed by atoms with E-state index in [4.69, 9.17) is 4.74 Å². The maximum absolute atomic E-state index is 14.2. The number of hydrogen-bond acceptors (Lipinski definition) is 5. The molecule has 9 heteroatoms. The number of nitrogens with zero attached hydrogens (tertiary/aromatic N) is 3. The normalized spacial score (nSPS) is 16.7. The van der Waals surface area contributed by atoms with Crippen LogP contribution in [0.1, 0.15) is 57.8 Å². The fourth-order valence-electron chi connectivity index (χ4n) is 4.96. The molecular weight excluding hydrogens is 521 g/mol. The second-order valence-electron chi connectivity index (χ2n) is 10.4. The largest absolute Gasteiger partial charge is 0.438 e. The zero-order chi connectivity index (χ0) is 28.9. The maximum Gasteiger partial charge on any atom is 0.272 e. The number of rotatable bonds is 8. The van der Waals surface area contributed by atoms with E-state index < -0.39 is 11.7 Å². The molecule has 0 atom stereocenters. The van der Waals surface area contributed by atoms with Crippen molar-refractivity contribution < 1.29 is 18.7 Å². The second-order valence-corrected chi connectivity index (χ2v) is 10.4. The predicted octanol–water partition coefficient (Wildman–Crippen LogP) is 5.57. The van der Waals surface area contributed by atoms with E-state index in [0.29, 0.717) is 43.5 Å². The molecular formula is C32H33FN5O3. The summed E-state index contributed by atoms with van der Waals surface area (Å²) >= 11 is 0. The lowest BCUT2D eigenvalue weighted by Crippen LogP contribution is -2.44. The van der Waals surface area contributed by atoms with E-state index in [-0.39, 0.29) is 29.4 Å². The highest BCUT2D eigenvalue weighted by atomic mass is 19.1. The van der Waals surface area contributed by atoms with Crippen molar-refractivity contribution in [3.63, 3.8) is 0 Å². The number of aryl methyl sites for hydroxylation is 2. The van der Waals surface area contributed by atoms with Gasteiger partial charge in [0.15, 0.2) is 0 Å². The van der Waals surface area contributed by atoms with Crippen LogP contribution in [0.25, 0.3) is 11.1 Å². The third-order valence-corrected chi connectivity index (χ3v) is 7.43. The van der Waals surface area contributed by atoms with Crippen LogP contribution in [0, 0.1) is 19.7 Å². The Balaban J connectivity index is 1.21. The molecule has 1 saturated carbocycles. The van der Waals surface area contributed by atoms with E-state index in [1.807, 2.05) is 49.4 Å². The van der Waals surface area contributed by atoms with Gasteiger partial charge >= 0.3 is 0 Å². The standard InChI is InChI=1S/C32H33FN5O3/c1-4-21-8-10-22(11-9-21)23-6-5-7-27(17-23)41-32-28(18-24(33)19-34-32)30(39)35-25-12-14-26(15-13-25)36-31(40)29-16-20(2)38(3)37-29/h5-11,16-19,25-26H,1,4,12-15H2,2-3H3,(H,35,39)(H,36,40). The first-order chi connectivity index (χ1) is 19.8. The van der Waals surface area contributed by atoms with Crippen LogP contribution in [-0.2, 0) is 13.5 Å². The van der Waals surface area contributed by atoms with Crippen LogP contribution in [0.2, 0.25) is 0 Å². The monoisotopic (exact) mass is 554 g/mol. The fraction of sp³-hybridized carbons (Fsp3) is 0.281. The first-order valence-electron chi connectivity index (χ1n) is 13.7. The van der Waals surface area contributed by atoms with Gasteiger partial charge in [0.2, 0.25) is 5.88 Å². The van der Waals surface area contributed by atoms with E-state index in [1.54, 1.807) is 23.9 Å². The Labute approximate surface area is 239 Å². The third-order valence-electron chi connectivity index (χ3n) is 7.43. The van der Waals surface area contributed by atoms with Gasteiger partial charge in [-0.1, -0.05) is 36.4 Å². The molecule has 8 nitrogen and oxygen atoms in total. The number of carbonyl (C=O) groups excluding carboxylic acids is 2. The van der Waals surface area contributed by atoms with Crippen molar-refractivity contribution in [2.24, 2.45) is 7.05 Å². The lowest BCUT2D eigenvalue weighted by molar-refractivity contribution is 0.0887. The summed E-state index contributed by atoms with van der Waals surface area (Å²) in [5.74, 6) is -0.772. The number of halogens is 1.